The molecule has 2 heterocycles. The van der Waals surface area contributed by atoms with Gasteiger partial charge in [0, 0.05) is 28.9 Å². The summed E-state index contributed by atoms with van der Waals surface area (Å²) in [6.45, 7) is 6.05. The highest BCUT2D eigenvalue weighted by molar-refractivity contribution is 6.21. The van der Waals surface area contributed by atoms with Crippen LogP contribution in [0.3, 0.4) is 0 Å². The largest absolute Gasteiger partial charge is 0.384 e. The summed E-state index contributed by atoms with van der Waals surface area (Å²) >= 11 is 0. The molecule has 0 aromatic heterocycles. The first-order valence-electron chi connectivity index (χ1n) is 11.6. The van der Waals surface area contributed by atoms with Gasteiger partial charge in [-0.15, -0.1) is 6.42 Å². The lowest BCUT2D eigenvalue weighted by Crippen LogP contribution is -2.54. The Morgan fingerprint density at radius 1 is 1.06 bits per heavy atom. The van der Waals surface area contributed by atoms with Crippen LogP contribution in [-0.2, 0) is 15.0 Å². The van der Waals surface area contributed by atoms with Crippen LogP contribution < -0.4 is 15.5 Å². The van der Waals surface area contributed by atoms with Gasteiger partial charge in [-0.05, 0) is 36.5 Å². The van der Waals surface area contributed by atoms with Gasteiger partial charge in [0.25, 0.3) is 0 Å². The third-order valence-electron chi connectivity index (χ3n) is 7.25. The standard InChI is InChI=1S/C29H26N4O2/c1-5-14-32-22-13-9-7-11-19(22)29(27(32)35)20(17-30)26(31)33(21-12-8-6-10-18(21)2)23-15-28(3,4)16-24(34)25(23)29/h1,6-13H,14-16,31H2,2-4H3/t29-/m0/s1. The average Bonchev–Trinajstić information content (AvgIpc) is 3.03. The molecule has 5 rings (SSSR count). The third kappa shape index (κ3) is 2.90. The van der Waals surface area contributed by atoms with Crippen molar-refractivity contribution in [3.05, 3.63) is 82.3 Å². The van der Waals surface area contributed by atoms with E-state index in [2.05, 4.69) is 12.0 Å². The number of nitriles is 1. The molecular weight excluding hydrogens is 436 g/mol. The van der Waals surface area contributed by atoms with Gasteiger partial charge in [0.05, 0.1) is 17.8 Å². The minimum atomic E-state index is -1.62. The van der Waals surface area contributed by atoms with Crippen LogP contribution in [0, 0.1) is 36.0 Å². The average molecular weight is 463 g/mol. The molecule has 1 spiro atoms. The molecule has 0 bridgehead atoms. The van der Waals surface area contributed by atoms with Crippen LogP contribution in [0.2, 0.25) is 0 Å². The van der Waals surface area contributed by atoms with Gasteiger partial charge in [0.1, 0.15) is 17.3 Å². The van der Waals surface area contributed by atoms with Gasteiger partial charge in [0.2, 0.25) is 5.91 Å². The molecule has 6 nitrogen and oxygen atoms in total. The second kappa shape index (κ2) is 7.61. The number of para-hydroxylation sites is 2. The van der Waals surface area contributed by atoms with E-state index in [4.69, 9.17) is 12.2 Å². The van der Waals surface area contributed by atoms with E-state index in [0.717, 1.165) is 11.3 Å². The number of nitrogens with two attached hydrogens (primary N) is 1. The highest BCUT2D eigenvalue weighted by Crippen LogP contribution is 2.58. The van der Waals surface area contributed by atoms with Gasteiger partial charge in [0.15, 0.2) is 5.78 Å². The zero-order valence-corrected chi connectivity index (χ0v) is 20.1. The predicted molar refractivity (Wildman–Crippen MR) is 135 cm³/mol. The number of carbonyl (C=O) groups excluding carboxylic acids is 2. The molecule has 0 fully saturated rings. The lowest BCUT2D eigenvalue weighted by Gasteiger charge is -2.47. The Morgan fingerprint density at radius 3 is 2.37 bits per heavy atom. The van der Waals surface area contributed by atoms with Crippen molar-refractivity contribution in [1.82, 2.24) is 0 Å². The first kappa shape index (κ1) is 22.5. The number of benzene rings is 2. The number of hydrogen-bond acceptors (Lipinski definition) is 5. The molecule has 174 valence electrons. The van der Waals surface area contributed by atoms with E-state index >= 15 is 0 Å². The Hall–Kier alpha value is -4.29. The summed E-state index contributed by atoms with van der Waals surface area (Å²) in [4.78, 5) is 31.6. The number of nitrogens with zero attached hydrogens (tertiary/aromatic N) is 3. The predicted octanol–water partition coefficient (Wildman–Crippen LogP) is 4.07. The second-order valence-corrected chi connectivity index (χ2v) is 10.1. The molecule has 3 aliphatic rings. The summed E-state index contributed by atoms with van der Waals surface area (Å²) < 4.78 is 0. The van der Waals surface area contributed by atoms with Crippen molar-refractivity contribution in [2.24, 2.45) is 11.1 Å². The maximum atomic E-state index is 14.3. The van der Waals surface area contributed by atoms with Crippen molar-refractivity contribution in [2.45, 2.75) is 39.0 Å². The Morgan fingerprint density at radius 2 is 1.71 bits per heavy atom. The molecule has 0 radical (unpaired) electrons. The molecule has 1 aliphatic carbocycles. The molecule has 6 heteroatoms. The van der Waals surface area contributed by atoms with E-state index in [1.165, 1.54) is 4.90 Å². The maximum absolute atomic E-state index is 14.3. The number of Topliss-reactive ketones (excluding diaryl/α,β-unsaturated/α-hetero) is 1. The smallest absolute Gasteiger partial charge is 0.248 e. The molecule has 2 N–H and O–H groups in total. The number of terminal acetylenes is 1. The zero-order chi connectivity index (χ0) is 25.1. The van der Waals surface area contributed by atoms with Gasteiger partial charge in [-0.1, -0.05) is 56.2 Å². The minimum Gasteiger partial charge on any atom is -0.384 e. The van der Waals surface area contributed by atoms with Gasteiger partial charge >= 0.3 is 0 Å². The number of allylic oxidation sites excluding steroid dienone is 1. The van der Waals surface area contributed by atoms with Crippen molar-refractivity contribution in [2.75, 3.05) is 16.3 Å². The first-order chi connectivity index (χ1) is 16.7. The van der Waals surface area contributed by atoms with E-state index in [9.17, 15) is 14.9 Å². The first-order valence-corrected chi connectivity index (χ1v) is 11.6. The van der Waals surface area contributed by atoms with Crippen LogP contribution in [0.25, 0.3) is 0 Å². The Balaban J connectivity index is 1.93. The van der Waals surface area contributed by atoms with Crippen molar-refractivity contribution in [3.63, 3.8) is 0 Å². The normalized spacial score (nSPS) is 22.8. The van der Waals surface area contributed by atoms with Crippen LogP contribution >= 0.6 is 0 Å². The Bertz CT molecular complexity index is 1450. The number of hydrogen-bond donors (Lipinski definition) is 1. The Labute approximate surface area is 205 Å². The van der Waals surface area contributed by atoms with Gasteiger partial charge < -0.3 is 5.73 Å². The number of anilines is 2. The highest BCUT2D eigenvalue weighted by atomic mass is 16.2. The van der Waals surface area contributed by atoms with E-state index in [0.29, 0.717) is 28.9 Å². The number of ketones is 1. The van der Waals surface area contributed by atoms with Crippen molar-refractivity contribution >= 4 is 23.1 Å². The molecule has 0 saturated heterocycles. The van der Waals surface area contributed by atoms with E-state index in [1.807, 2.05) is 62.1 Å². The van der Waals surface area contributed by atoms with E-state index in [1.54, 1.807) is 12.1 Å². The van der Waals surface area contributed by atoms with Gasteiger partial charge in [-0.25, -0.2) is 0 Å². The van der Waals surface area contributed by atoms with E-state index < -0.39 is 11.3 Å². The summed E-state index contributed by atoms with van der Waals surface area (Å²) in [6.07, 6.45) is 6.40. The summed E-state index contributed by atoms with van der Waals surface area (Å²) in [5.74, 6) is 2.16. The molecule has 2 aliphatic heterocycles. The number of aryl methyl sites for hydroxylation is 1. The SMILES string of the molecule is C#CCN1C(=O)[C@]2(C(C#N)=C(N)N(c3ccccc3C)C3=C2C(=O)CC(C)(C)C3)c2ccccc21. The summed E-state index contributed by atoms with van der Waals surface area (Å²) in [5, 5.41) is 10.5. The molecule has 2 aromatic rings. The van der Waals surface area contributed by atoms with Gasteiger partial charge in [-0.3, -0.25) is 19.4 Å². The molecule has 0 unspecified atom stereocenters. The molecule has 1 atom stereocenters. The topological polar surface area (TPSA) is 90.4 Å². The quantitative estimate of drug-likeness (QED) is 0.680. The molecule has 35 heavy (non-hydrogen) atoms. The van der Waals surface area contributed by atoms with Crippen LogP contribution in [-0.4, -0.2) is 18.2 Å². The minimum absolute atomic E-state index is 0.0278. The molecule has 0 saturated carbocycles. The monoisotopic (exact) mass is 462 g/mol. The number of rotatable bonds is 2. The fraction of sp³-hybridized carbons (Fsp3) is 0.276. The number of fused-ring (bicyclic) bond motifs is 3. The number of carbonyl (C=O) groups is 2. The van der Waals surface area contributed by atoms with Crippen molar-refractivity contribution < 1.29 is 9.59 Å². The fourth-order valence-electron chi connectivity index (χ4n) is 5.89. The van der Waals surface area contributed by atoms with Crippen LogP contribution in [0.1, 0.15) is 37.8 Å². The summed E-state index contributed by atoms with van der Waals surface area (Å²) in [7, 11) is 0. The van der Waals surface area contributed by atoms with Crippen molar-refractivity contribution in [1.29, 1.82) is 5.26 Å². The highest BCUT2D eigenvalue weighted by Gasteiger charge is 2.63. The number of amides is 1. The van der Waals surface area contributed by atoms with E-state index in [-0.39, 0.29) is 35.6 Å². The van der Waals surface area contributed by atoms with Crippen molar-refractivity contribution in [3.8, 4) is 18.4 Å². The summed E-state index contributed by atoms with van der Waals surface area (Å²) in [6, 6.07) is 17.2. The van der Waals surface area contributed by atoms with Gasteiger partial charge in [-0.2, -0.15) is 5.26 Å². The molecule has 2 aromatic carbocycles. The molecular formula is C29H26N4O2. The second-order valence-electron chi connectivity index (χ2n) is 10.1. The Kier molecular flexibility index (Phi) is 4.90. The summed E-state index contributed by atoms with van der Waals surface area (Å²) in [5.41, 5.74) is 8.80. The van der Waals surface area contributed by atoms with Crippen LogP contribution in [0.5, 0.6) is 0 Å². The zero-order valence-electron chi connectivity index (χ0n) is 20.1. The van der Waals surface area contributed by atoms with Crippen LogP contribution in [0.4, 0.5) is 11.4 Å². The maximum Gasteiger partial charge on any atom is 0.248 e. The van der Waals surface area contributed by atoms with Crippen LogP contribution in [0.15, 0.2) is 71.2 Å². The third-order valence-corrected chi connectivity index (χ3v) is 7.25. The lowest BCUT2D eigenvalue weighted by atomic mass is 9.60. The lowest BCUT2D eigenvalue weighted by molar-refractivity contribution is -0.125. The molecule has 1 amide bonds. The fourth-order valence-corrected chi connectivity index (χ4v) is 5.89.